The number of fused-ring (bicyclic) bond motifs is 3. The van der Waals surface area contributed by atoms with Gasteiger partial charge in [-0.3, -0.25) is 13.9 Å². The molecule has 0 radical (unpaired) electrons. The molecule has 5 rings (SSSR count). The van der Waals surface area contributed by atoms with Crippen LogP contribution in [-0.2, 0) is 26.6 Å². The third-order valence-electron chi connectivity index (χ3n) is 6.28. The second-order valence-corrected chi connectivity index (χ2v) is 8.65. The van der Waals surface area contributed by atoms with Gasteiger partial charge in [-0.1, -0.05) is 56.3 Å². The zero-order valence-electron chi connectivity index (χ0n) is 18.7. The Morgan fingerprint density at radius 2 is 1.69 bits per heavy atom. The Bertz CT molecular complexity index is 1400. The van der Waals surface area contributed by atoms with Gasteiger partial charge in [0.15, 0.2) is 11.2 Å². The van der Waals surface area contributed by atoms with Crippen LogP contribution in [0.1, 0.15) is 25.0 Å². The van der Waals surface area contributed by atoms with Crippen molar-refractivity contribution in [3.05, 3.63) is 86.6 Å². The largest absolute Gasteiger partial charge is 0.332 e. The molecule has 0 unspecified atom stereocenters. The average Bonchev–Trinajstić information content (AvgIpc) is 3.20. The zero-order chi connectivity index (χ0) is 22.4. The van der Waals surface area contributed by atoms with Crippen LogP contribution in [0.3, 0.4) is 0 Å². The van der Waals surface area contributed by atoms with Crippen molar-refractivity contribution in [2.24, 2.45) is 13.0 Å². The molecule has 0 saturated heterocycles. The summed E-state index contributed by atoms with van der Waals surface area (Å²) in [4.78, 5) is 33.6. The smallest absolute Gasteiger partial charge is 0.312 e. The lowest BCUT2D eigenvalue weighted by Gasteiger charge is -2.33. The second kappa shape index (κ2) is 7.82. The minimum Gasteiger partial charge on any atom is -0.312 e. The van der Waals surface area contributed by atoms with Crippen LogP contribution in [0.2, 0.25) is 0 Å². The molecule has 0 aliphatic carbocycles. The Labute approximate surface area is 186 Å². The van der Waals surface area contributed by atoms with Gasteiger partial charge in [0, 0.05) is 25.8 Å². The van der Waals surface area contributed by atoms with Crippen molar-refractivity contribution >= 4 is 22.8 Å². The van der Waals surface area contributed by atoms with Crippen molar-refractivity contribution in [2.45, 2.75) is 33.4 Å². The van der Waals surface area contributed by atoms with Crippen molar-refractivity contribution in [1.82, 2.24) is 18.7 Å². The van der Waals surface area contributed by atoms with E-state index in [9.17, 15) is 9.59 Å². The van der Waals surface area contributed by atoms with Crippen LogP contribution in [0.5, 0.6) is 0 Å². The predicted octanol–water partition coefficient (Wildman–Crippen LogP) is 3.30. The van der Waals surface area contributed by atoms with Gasteiger partial charge in [0.1, 0.15) is 0 Å². The van der Waals surface area contributed by atoms with Gasteiger partial charge in [-0.15, -0.1) is 0 Å². The number of imidazole rings is 1. The number of aryl methyl sites for hydroxylation is 2. The summed E-state index contributed by atoms with van der Waals surface area (Å²) in [5, 5.41) is 0. The van der Waals surface area contributed by atoms with Crippen molar-refractivity contribution in [3.8, 4) is 0 Å². The molecule has 2 aromatic carbocycles. The van der Waals surface area contributed by atoms with Crippen LogP contribution in [-0.4, -0.2) is 25.2 Å². The van der Waals surface area contributed by atoms with Crippen LogP contribution >= 0.6 is 0 Å². The van der Waals surface area contributed by atoms with Crippen molar-refractivity contribution in [3.63, 3.8) is 0 Å². The van der Waals surface area contributed by atoms with Crippen LogP contribution in [0.4, 0.5) is 11.6 Å². The molecule has 164 valence electrons. The van der Waals surface area contributed by atoms with E-state index < -0.39 is 0 Å². The highest BCUT2D eigenvalue weighted by Crippen LogP contribution is 2.32. The second-order valence-electron chi connectivity index (χ2n) is 8.65. The van der Waals surface area contributed by atoms with E-state index in [1.165, 1.54) is 14.7 Å². The van der Waals surface area contributed by atoms with Gasteiger partial charge in [-0.2, -0.15) is 4.98 Å². The molecule has 1 aliphatic heterocycles. The number of hydrogen-bond acceptors (Lipinski definition) is 4. The molecule has 1 aliphatic rings. The van der Waals surface area contributed by atoms with E-state index in [0.717, 1.165) is 24.2 Å². The molecule has 0 amide bonds. The summed E-state index contributed by atoms with van der Waals surface area (Å²) in [5.41, 5.74) is 3.51. The highest BCUT2D eigenvalue weighted by Gasteiger charge is 2.29. The van der Waals surface area contributed by atoms with Crippen LogP contribution in [0, 0.1) is 5.92 Å². The number of rotatable bonds is 4. The van der Waals surface area contributed by atoms with Crippen LogP contribution in [0.15, 0.2) is 64.2 Å². The molecule has 4 aromatic rings. The van der Waals surface area contributed by atoms with E-state index in [0.29, 0.717) is 29.6 Å². The fourth-order valence-corrected chi connectivity index (χ4v) is 4.54. The highest BCUT2D eigenvalue weighted by molar-refractivity contribution is 5.77. The molecule has 32 heavy (non-hydrogen) atoms. The minimum atomic E-state index is -0.353. The lowest BCUT2D eigenvalue weighted by Crippen LogP contribution is -2.40. The number of benzene rings is 2. The van der Waals surface area contributed by atoms with E-state index in [-0.39, 0.29) is 17.8 Å². The highest BCUT2D eigenvalue weighted by atomic mass is 16.2. The van der Waals surface area contributed by atoms with Crippen LogP contribution in [0.25, 0.3) is 11.2 Å². The topological polar surface area (TPSA) is 65.1 Å². The Hall–Kier alpha value is -3.61. The molecule has 1 atom stereocenters. The fraction of sp³-hybridized carbons (Fsp3) is 0.320. The summed E-state index contributed by atoms with van der Waals surface area (Å²) in [6, 6.07) is 18.1. The molecule has 7 heteroatoms. The lowest BCUT2D eigenvalue weighted by atomic mass is 10.1. The van der Waals surface area contributed by atoms with Gasteiger partial charge in [0.05, 0.1) is 6.54 Å². The van der Waals surface area contributed by atoms with Gasteiger partial charge in [-0.05, 0) is 35.6 Å². The molecular formula is C25H27N5O2. The number of anilines is 2. The third-order valence-corrected chi connectivity index (χ3v) is 6.28. The molecular weight excluding hydrogens is 402 g/mol. The van der Waals surface area contributed by atoms with E-state index in [2.05, 4.69) is 43.0 Å². The Morgan fingerprint density at radius 1 is 0.969 bits per heavy atom. The standard InChI is InChI=1S/C25H27N5O2/c1-4-18-10-12-20(13-11-18)28-14-17(2)15-29-21-22(26-24(28)29)27(3)25(32)30(23(21)31)16-19-8-6-5-7-9-19/h5-13,17H,4,14-16H2,1-3H3/t17-/m1/s1. The van der Waals surface area contributed by atoms with Crippen LogP contribution < -0.4 is 16.1 Å². The summed E-state index contributed by atoms with van der Waals surface area (Å²) in [6.07, 6.45) is 0.984. The minimum absolute atomic E-state index is 0.237. The fourth-order valence-electron chi connectivity index (χ4n) is 4.54. The summed E-state index contributed by atoms with van der Waals surface area (Å²) in [6.45, 7) is 6.04. The zero-order valence-corrected chi connectivity index (χ0v) is 18.7. The summed E-state index contributed by atoms with van der Waals surface area (Å²) < 4.78 is 4.79. The van der Waals surface area contributed by atoms with Crippen molar-refractivity contribution in [2.75, 3.05) is 11.4 Å². The normalized spacial score (nSPS) is 15.8. The third kappa shape index (κ3) is 3.25. The van der Waals surface area contributed by atoms with Gasteiger partial charge >= 0.3 is 5.69 Å². The van der Waals surface area contributed by atoms with Crippen molar-refractivity contribution < 1.29 is 0 Å². The number of hydrogen-bond donors (Lipinski definition) is 0. The Kier molecular flexibility index (Phi) is 4.96. The quantitative estimate of drug-likeness (QED) is 0.499. The molecule has 7 nitrogen and oxygen atoms in total. The monoisotopic (exact) mass is 429 g/mol. The first-order chi connectivity index (χ1) is 15.5. The first kappa shape index (κ1) is 20.3. The maximum absolute atomic E-state index is 13.5. The van der Waals surface area contributed by atoms with E-state index in [4.69, 9.17) is 4.98 Å². The van der Waals surface area contributed by atoms with E-state index >= 15 is 0 Å². The van der Waals surface area contributed by atoms with E-state index in [1.807, 2.05) is 34.9 Å². The molecule has 0 saturated carbocycles. The van der Waals surface area contributed by atoms with Gasteiger partial charge in [-0.25, -0.2) is 4.79 Å². The first-order valence-electron chi connectivity index (χ1n) is 11.1. The predicted molar refractivity (Wildman–Crippen MR) is 127 cm³/mol. The maximum atomic E-state index is 13.5. The number of aromatic nitrogens is 4. The molecule has 0 bridgehead atoms. The summed E-state index contributed by atoms with van der Waals surface area (Å²) in [5.74, 6) is 1.04. The molecule has 3 heterocycles. The summed E-state index contributed by atoms with van der Waals surface area (Å²) >= 11 is 0. The van der Waals surface area contributed by atoms with Gasteiger partial charge < -0.3 is 9.47 Å². The molecule has 0 fully saturated rings. The maximum Gasteiger partial charge on any atom is 0.332 e. The Balaban J connectivity index is 1.70. The summed E-state index contributed by atoms with van der Waals surface area (Å²) in [7, 11) is 1.69. The lowest BCUT2D eigenvalue weighted by molar-refractivity contribution is 0.458. The van der Waals surface area contributed by atoms with Crippen molar-refractivity contribution in [1.29, 1.82) is 0 Å². The average molecular weight is 430 g/mol. The molecule has 0 spiro atoms. The number of nitrogens with zero attached hydrogens (tertiary/aromatic N) is 5. The van der Waals surface area contributed by atoms with Gasteiger partial charge in [0.2, 0.25) is 5.95 Å². The van der Waals surface area contributed by atoms with E-state index in [1.54, 1.807) is 7.05 Å². The first-order valence-corrected chi connectivity index (χ1v) is 11.1. The molecule has 2 aromatic heterocycles. The van der Waals surface area contributed by atoms with Gasteiger partial charge in [0.25, 0.3) is 5.56 Å². The Morgan fingerprint density at radius 3 is 2.38 bits per heavy atom. The SMILES string of the molecule is CCc1ccc(N2C[C@@H](C)Cn3c2nc2c3c(=O)n(Cc3ccccc3)c(=O)n2C)cc1. The molecule has 0 N–H and O–H groups in total.